The summed E-state index contributed by atoms with van der Waals surface area (Å²) in [5.74, 6) is 3.79. The molecule has 10 nitrogen and oxygen atoms in total. The number of fused-ring (bicyclic) bond motifs is 1. The highest BCUT2D eigenvalue weighted by atomic mass is 16.5. The highest BCUT2D eigenvalue weighted by Gasteiger charge is 2.26. The van der Waals surface area contributed by atoms with Gasteiger partial charge in [-0.1, -0.05) is 6.07 Å². The van der Waals surface area contributed by atoms with Crippen LogP contribution in [0, 0.1) is 6.92 Å². The van der Waals surface area contributed by atoms with Gasteiger partial charge in [0.2, 0.25) is 5.88 Å². The molecule has 0 aliphatic carbocycles. The average Bonchev–Trinajstić information content (AvgIpc) is 3.45. The molecule has 1 fully saturated rings. The molecule has 0 aromatic carbocycles. The van der Waals surface area contributed by atoms with E-state index < -0.39 is 0 Å². The first-order chi connectivity index (χ1) is 15.7. The third kappa shape index (κ3) is 3.68. The van der Waals surface area contributed by atoms with Crippen LogP contribution >= 0.6 is 0 Å². The zero-order valence-electron chi connectivity index (χ0n) is 18.4. The maximum atomic E-state index is 5.26. The summed E-state index contributed by atoms with van der Waals surface area (Å²) in [5.41, 5.74) is 2.41. The second kappa shape index (κ2) is 8.37. The molecule has 0 spiro atoms. The molecule has 164 valence electrons. The zero-order chi connectivity index (χ0) is 22.1. The molecule has 0 radical (unpaired) electrons. The van der Waals surface area contributed by atoms with E-state index in [0.717, 1.165) is 66.1 Å². The number of nitrogens with one attached hydrogen (secondary N) is 1. The molecule has 4 aromatic heterocycles. The fourth-order valence-corrected chi connectivity index (χ4v) is 4.04. The van der Waals surface area contributed by atoms with E-state index in [9.17, 15) is 0 Å². The average molecular weight is 432 g/mol. The van der Waals surface area contributed by atoms with Crippen molar-refractivity contribution < 1.29 is 4.74 Å². The molecule has 1 atom stereocenters. The minimum absolute atomic E-state index is 0.221. The van der Waals surface area contributed by atoms with Crippen LogP contribution in [0.5, 0.6) is 5.88 Å². The molecule has 10 heteroatoms. The van der Waals surface area contributed by atoms with E-state index in [1.54, 1.807) is 25.8 Å². The quantitative estimate of drug-likeness (QED) is 0.493. The van der Waals surface area contributed by atoms with Gasteiger partial charge in [0.05, 0.1) is 12.7 Å². The van der Waals surface area contributed by atoms with Gasteiger partial charge < -0.3 is 19.5 Å². The van der Waals surface area contributed by atoms with Gasteiger partial charge in [-0.2, -0.15) is 4.98 Å². The van der Waals surface area contributed by atoms with E-state index in [0.29, 0.717) is 5.88 Å². The van der Waals surface area contributed by atoms with Crippen LogP contribution in [-0.2, 0) is 6.54 Å². The summed E-state index contributed by atoms with van der Waals surface area (Å²) in [6, 6.07) is 6.04. The number of hydrogen-bond donors (Lipinski definition) is 1. The Morgan fingerprint density at radius 2 is 1.97 bits per heavy atom. The summed E-state index contributed by atoms with van der Waals surface area (Å²) in [4.78, 5) is 29.3. The van der Waals surface area contributed by atoms with Crippen LogP contribution in [0.25, 0.3) is 22.6 Å². The summed E-state index contributed by atoms with van der Waals surface area (Å²) < 4.78 is 7.33. The Hall–Kier alpha value is -3.82. The van der Waals surface area contributed by atoms with E-state index in [-0.39, 0.29) is 6.04 Å². The van der Waals surface area contributed by atoms with Crippen LogP contribution < -0.4 is 15.0 Å². The van der Waals surface area contributed by atoms with Crippen molar-refractivity contribution >= 4 is 22.8 Å². The summed E-state index contributed by atoms with van der Waals surface area (Å²) in [7, 11) is 1.63. The Labute approximate surface area is 185 Å². The molecule has 32 heavy (non-hydrogen) atoms. The van der Waals surface area contributed by atoms with E-state index in [2.05, 4.69) is 46.6 Å². The molecule has 0 bridgehead atoms. The number of nitrogens with zero attached hydrogens (tertiary/aromatic N) is 8. The van der Waals surface area contributed by atoms with Crippen molar-refractivity contribution in [3.8, 4) is 17.3 Å². The Kier molecular flexibility index (Phi) is 5.26. The Balaban J connectivity index is 1.42. The van der Waals surface area contributed by atoms with Crippen molar-refractivity contribution in [2.24, 2.45) is 0 Å². The topological polar surface area (TPSA) is 107 Å². The van der Waals surface area contributed by atoms with E-state index >= 15 is 0 Å². The minimum atomic E-state index is 0.221. The molecule has 1 aliphatic rings. The zero-order valence-corrected chi connectivity index (χ0v) is 18.4. The molecule has 0 saturated carbocycles. The van der Waals surface area contributed by atoms with Crippen molar-refractivity contribution in [3.63, 3.8) is 0 Å². The lowest BCUT2D eigenvalue weighted by Crippen LogP contribution is -2.27. The second-order valence-electron chi connectivity index (χ2n) is 7.71. The molecular formula is C22H25N9O. The van der Waals surface area contributed by atoms with E-state index in [1.165, 1.54) is 0 Å². The van der Waals surface area contributed by atoms with Gasteiger partial charge in [-0.05, 0) is 26.3 Å². The van der Waals surface area contributed by atoms with Crippen molar-refractivity contribution in [2.45, 2.75) is 32.9 Å². The van der Waals surface area contributed by atoms with Crippen LogP contribution in [0.3, 0.4) is 0 Å². The number of methoxy groups -OCH3 is 1. The van der Waals surface area contributed by atoms with Gasteiger partial charge in [0, 0.05) is 44.1 Å². The summed E-state index contributed by atoms with van der Waals surface area (Å²) in [6.07, 6.45) is 6.15. The molecule has 0 amide bonds. The van der Waals surface area contributed by atoms with Crippen molar-refractivity contribution in [3.05, 3.63) is 42.7 Å². The van der Waals surface area contributed by atoms with Gasteiger partial charge in [-0.3, -0.25) is 0 Å². The summed E-state index contributed by atoms with van der Waals surface area (Å²) in [5, 5.41) is 3.58. The SMILES string of the molecule is CCn1c(-c2cnc(C)nc2)nc2c(NC3CCN(c4cccc(OC)n4)C3)ncnc21. The maximum Gasteiger partial charge on any atom is 0.214 e. The minimum Gasteiger partial charge on any atom is -0.481 e. The van der Waals surface area contributed by atoms with Gasteiger partial charge in [0.1, 0.15) is 23.8 Å². The standard InChI is InChI=1S/C22H25N9O/c1-4-31-21(15-10-23-14(2)24-11-15)29-19-20(25-13-26-22(19)31)27-16-8-9-30(12-16)17-6-5-7-18(28-17)32-3/h5-7,10-11,13,16H,4,8-9,12H2,1-3H3,(H,25,26,27). The first kappa shape index (κ1) is 20.1. The second-order valence-corrected chi connectivity index (χ2v) is 7.71. The number of aryl methyl sites for hydroxylation is 2. The fourth-order valence-electron chi connectivity index (χ4n) is 4.04. The van der Waals surface area contributed by atoms with Gasteiger partial charge >= 0.3 is 0 Å². The molecule has 5 rings (SSSR count). The van der Waals surface area contributed by atoms with Crippen LogP contribution in [0.2, 0.25) is 0 Å². The number of hydrogen-bond acceptors (Lipinski definition) is 9. The van der Waals surface area contributed by atoms with Crippen molar-refractivity contribution in [2.75, 3.05) is 30.4 Å². The van der Waals surface area contributed by atoms with Crippen LogP contribution in [0.15, 0.2) is 36.9 Å². The van der Waals surface area contributed by atoms with Gasteiger partial charge in [0.25, 0.3) is 0 Å². The highest BCUT2D eigenvalue weighted by Crippen LogP contribution is 2.28. The monoisotopic (exact) mass is 431 g/mol. The third-order valence-electron chi connectivity index (χ3n) is 5.66. The first-order valence-electron chi connectivity index (χ1n) is 10.7. The molecule has 4 aromatic rings. The number of aromatic nitrogens is 7. The molecule has 1 aliphatic heterocycles. The fraction of sp³-hybridized carbons (Fsp3) is 0.364. The molecule has 1 unspecified atom stereocenters. The van der Waals surface area contributed by atoms with Crippen molar-refractivity contribution in [1.82, 2.24) is 34.5 Å². The third-order valence-corrected chi connectivity index (χ3v) is 5.66. The first-order valence-corrected chi connectivity index (χ1v) is 10.7. The summed E-state index contributed by atoms with van der Waals surface area (Å²) in [6.45, 7) is 6.39. The molecular weight excluding hydrogens is 406 g/mol. The molecule has 1 N–H and O–H groups in total. The normalized spacial score (nSPS) is 16.0. The molecule has 1 saturated heterocycles. The van der Waals surface area contributed by atoms with Gasteiger partial charge in [-0.15, -0.1) is 0 Å². The van der Waals surface area contributed by atoms with Crippen molar-refractivity contribution in [1.29, 1.82) is 0 Å². The summed E-state index contributed by atoms with van der Waals surface area (Å²) >= 11 is 0. The smallest absolute Gasteiger partial charge is 0.214 e. The van der Waals surface area contributed by atoms with Gasteiger partial charge in [0.15, 0.2) is 17.0 Å². The number of imidazole rings is 1. The Bertz CT molecular complexity index is 1240. The molecule has 5 heterocycles. The number of rotatable bonds is 6. The predicted molar refractivity (Wildman–Crippen MR) is 122 cm³/mol. The number of anilines is 2. The lowest BCUT2D eigenvalue weighted by molar-refractivity contribution is 0.398. The van der Waals surface area contributed by atoms with E-state index in [4.69, 9.17) is 9.72 Å². The Morgan fingerprint density at radius 3 is 2.75 bits per heavy atom. The van der Waals surface area contributed by atoms with Gasteiger partial charge in [-0.25, -0.2) is 24.9 Å². The lowest BCUT2D eigenvalue weighted by Gasteiger charge is -2.18. The number of pyridine rings is 1. The maximum absolute atomic E-state index is 5.26. The van der Waals surface area contributed by atoms with Crippen LogP contribution in [-0.4, -0.2) is 60.7 Å². The largest absolute Gasteiger partial charge is 0.481 e. The Morgan fingerprint density at radius 1 is 1.12 bits per heavy atom. The van der Waals surface area contributed by atoms with E-state index in [1.807, 2.05) is 25.1 Å². The predicted octanol–water partition coefficient (Wildman–Crippen LogP) is 2.71. The lowest BCUT2D eigenvalue weighted by atomic mass is 10.2. The number of ether oxygens (including phenoxy) is 1. The highest BCUT2D eigenvalue weighted by molar-refractivity contribution is 5.86. The van der Waals surface area contributed by atoms with Crippen LogP contribution in [0.4, 0.5) is 11.6 Å². The van der Waals surface area contributed by atoms with Crippen LogP contribution in [0.1, 0.15) is 19.2 Å².